The van der Waals surface area contributed by atoms with Gasteiger partial charge < -0.3 is 4.90 Å². The molecule has 0 aromatic rings. The number of hydrogen-bond acceptors (Lipinski definition) is 1. The van der Waals surface area contributed by atoms with Gasteiger partial charge in [-0.1, -0.05) is 24.6 Å². The van der Waals surface area contributed by atoms with Crippen LogP contribution in [0.15, 0.2) is 23.9 Å². The summed E-state index contributed by atoms with van der Waals surface area (Å²) in [4.78, 5) is 2.33. The van der Waals surface area contributed by atoms with Crippen molar-refractivity contribution in [3.63, 3.8) is 0 Å². The molecule has 0 rings (SSSR count). The molecular formula is C14H27N. The summed E-state index contributed by atoms with van der Waals surface area (Å²) in [6.45, 7) is 13.2. The molecule has 0 radical (unpaired) electrons. The molecule has 0 aromatic carbocycles. The first-order valence-corrected chi connectivity index (χ1v) is 6.15. The van der Waals surface area contributed by atoms with Crippen molar-refractivity contribution in [3.8, 4) is 0 Å². The van der Waals surface area contributed by atoms with Crippen molar-refractivity contribution in [1.82, 2.24) is 4.90 Å². The molecule has 0 unspecified atom stereocenters. The van der Waals surface area contributed by atoms with Gasteiger partial charge in [-0.25, -0.2) is 0 Å². The Morgan fingerprint density at radius 3 is 2.27 bits per heavy atom. The van der Waals surface area contributed by atoms with Crippen molar-refractivity contribution in [2.75, 3.05) is 13.1 Å². The summed E-state index contributed by atoms with van der Waals surface area (Å²) in [6, 6.07) is 0. The molecule has 0 aromatic heterocycles. The third kappa shape index (κ3) is 8.29. The monoisotopic (exact) mass is 209 g/mol. The van der Waals surface area contributed by atoms with Crippen LogP contribution < -0.4 is 0 Å². The Hall–Kier alpha value is -0.720. The van der Waals surface area contributed by atoms with Gasteiger partial charge >= 0.3 is 0 Å². The molecule has 0 spiro atoms. The Morgan fingerprint density at radius 2 is 1.80 bits per heavy atom. The zero-order valence-electron chi connectivity index (χ0n) is 11.1. The zero-order valence-corrected chi connectivity index (χ0v) is 11.1. The van der Waals surface area contributed by atoms with Crippen molar-refractivity contribution in [2.45, 2.75) is 47.5 Å². The number of hydrogen-bond donors (Lipinski definition) is 0. The lowest BCUT2D eigenvalue weighted by Crippen LogP contribution is -2.15. The van der Waals surface area contributed by atoms with Crippen molar-refractivity contribution in [3.05, 3.63) is 23.9 Å². The topological polar surface area (TPSA) is 3.24 Å². The van der Waals surface area contributed by atoms with E-state index < -0.39 is 0 Å². The van der Waals surface area contributed by atoms with Crippen LogP contribution in [0, 0.1) is 5.92 Å². The van der Waals surface area contributed by atoms with Gasteiger partial charge in [0, 0.05) is 13.1 Å². The van der Waals surface area contributed by atoms with E-state index in [1.54, 1.807) is 0 Å². The highest BCUT2D eigenvalue weighted by Crippen LogP contribution is 2.09. The van der Waals surface area contributed by atoms with Crippen LogP contribution in [0.3, 0.4) is 0 Å². The molecule has 1 heteroatoms. The van der Waals surface area contributed by atoms with Gasteiger partial charge in [-0.15, -0.1) is 0 Å². The zero-order chi connectivity index (χ0) is 11.7. The van der Waals surface area contributed by atoms with Gasteiger partial charge in [0.2, 0.25) is 0 Å². The first-order chi connectivity index (χ1) is 7.10. The van der Waals surface area contributed by atoms with Gasteiger partial charge in [0.25, 0.3) is 0 Å². The van der Waals surface area contributed by atoms with Gasteiger partial charge in [-0.2, -0.15) is 0 Å². The van der Waals surface area contributed by atoms with Gasteiger partial charge in [0.15, 0.2) is 0 Å². The first-order valence-electron chi connectivity index (χ1n) is 6.15. The number of allylic oxidation sites excluding steroid dienone is 3. The second-order valence-corrected chi connectivity index (χ2v) is 4.40. The number of nitrogens with zero attached hydrogens (tertiary/aromatic N) is 1. The van der Waals surface area contributed by atoms with Crippen LogP contribution >= 0.6 is 0 Å². The second-order valence-electron chi connectivity index (χ2n) is 4.40. The van der Waals surface area contributed by atoms with E-state index in [2.05, 4.69) is 57.9 Å². The third-order valence-electron chi connectivity index (χ3n) is 2.61. The highest BCUT2D eigenvalue weighted by Gasteiger charge is 1.96. The molecule has 0 saturated heterocycles. The largest absolute Gasteiger partial charge is 0.378 e. The summed E-state index contributed by atoms with van der Waals surface area (Å²) in [7, 11) is 0. The van der Waals surface area contributed by atoms with Crippen LogP contribution in [-0.4, -0.2) is 18.0 Å². The molecule has 0 aliphatic rings. The van der Waals surface area contributed by atoms with Crippen LogP contribution in [0.25, 0.3) is 0 Å². The molecule has 0 bridgehead atoms. The van der Waals surface area contributed by atoms with E-state index in [1.807, 2.05) is 0 Å². The predicted molar refractivity (Wildman–Crippen MR) is 69.9 cm³/mol. The van der Waals surface area contributed by atoms with Crippen LogP contribution in [0.2, 0.25) is 0 Å². The molecule has 1 nitrogen and oxygen atoms in total. The molecule has 0 saturated carbocycles. The molecule has 0 aliphatic heterocycles. The summed E-state index contributed by atoms with van der Waals surface area (Å²) in [5.41, 5.74) is 1.43. The maximum Gasteiger partial charge on any atom is 0.0143 e. The van der Waals surface area contributed by atoms with Crippen LogP contribution in [-0.2, 0) is 0 Å². The summed E-state index contributed by atoms with van der Waals surface area (Å²) < 4.78 is 0. The van der Waals surface area contributed by atoms with E-state index in [4.69, 9.17) is 0 Å². The Morgan fingerprint density at radius 1 is 1.20 bits per heavy atom. The van der Waals surface area contributed by atoms with E-state index in [9.17, 15) is 0 Å². The normalized spacial score (nSPS) is 12.9. The van der Waals surface area contributed by atoms with Crippen LogP contribution in [0.4, 0.5) is 0 Å². The van der Waals surface area contributed by atoms with Gasteiger partial charge in [0.1, 0.15) is 0 Å². The molecule has 1 atom stereocenters. The Labute approximate surface area is 95.9 Å². The quantitative estimate of drug-likeness (QED) is 0.567. The molecule has 0 fully saturated rings. The predicted octanol–water partition coefficient (Wildman–Crippen LogP) is 4.22. The summed E-state index contributed by atoms with van der Waals surface area (Å²) >= 11 is 0. The highest BCUT2D eigenvalue weighted by molar-refractivity contribution is 4.94. The Kier molecular flexibility index (Phi) is 8.17. The Balaban J connectivity index is 3.81. The first kappa shape index (κ1) is 14.3. The Bertz CT molecular complexity index is 195. The average Bonchev–Trinajstić information content (AvgIpc) is 2.18. The van der Waals surface area contributed by atoms with Crippen molar-refractivity contribution >= 4 is 0 Å². The second kappa shape index (κ2) is 8.58. The van der Waals surface area contributed by atoms with Gasteiger partial charge in [-0.3, -0.25) is 0 Å². The lowest BCUT2D eigenvalue weighted by Gasteiger charge is -2.15. The van der Waals surface area contributed by atoms with E-state index in [-0.39, 0.29) is 0 Å². The molecule has 0 amide bonds. The minimum atomic E-state index is 0.682. The van der Waals surface area contributed by atoms with E-state index >= 15 is 0 Å². The number of rotatable bonds is 7. The summed E-state index contributed by atoms with van der Waals surface area (Å²) in [6.07, 6.45) is 9.34. The van der Waals surface area contributed by atoms with E-state index in [0.717, 1.165) is 13.1 Å². The van der Waals surface area contributed by atoms with Crippen molar-refractivity contribution < 1.29 is 0 Å². The van der Waals surface area contributed by atoms with Crippen LogP contribution in [0.5, 0.6) is 0 Å². The summed E-state index contributed by atoms with van der Waals surface area (Å²) in [5.74, 6) is 0.682. The molecule has 0 heterocycles. The van der Waals surface area contributed by atoms with Crippen LogP contribution in [0.1, 0.15) is 47.5 Å². The SMILES string of the molecule is CCN(/C=C/[C@@H](C)CCC=C(C)C)CC. The molecule has 0 aliphatic carbocycles. The maximum atomic E-state index is 2.33. The van der Waals surface area contributed by atoms with Gasteiger partial charge in [-0.05, 0) is 52.7 Å². The van der Waals surface area contributed by atoms with Crippen molar-refractivity contribution in [2.24, 2.45) is 5.92 Å². The highest BCUT2D eigenvalue weighted by atomic mass is 15.1. The fraction of sp³-hybridized carbons (Fsp3) is 0.714. The fourth-order valence-electron chi connectivity index (χ4n) is 1.43. The molecule has 0 N–H and O–H groups in total. The molecular weight excluding hydrogens is 182 g/mol. The standard InChI is InChI=1S/C14H27N/c1-6-15(7-2)12-11-14(5)10-8-9-13(3)4/h9,11-12,14H,6-8,10H2,1-5H3/b12-11+/t14-/m0/s1. The lowest BCUT2D eigenvalue weighted by molar-refractivity contribution is 0.414. The van der Waals surface area contributed by atoms with Gasteiger partial charge in [0.05, 0.1) is 0 Å². The fourth-order valence-corrected chi connectivity index (χ4v) is 1.43. The molecule has 88 valence electrons. The smallest absolute Gasteiger partial charge is 0.0143 e. The van der Waals surface area contributed by atoms with Crippen molar-refractivity contribution in [1.29, 1.82) is 0 Å². The minimum absolute atomic E-state index is 0.682. The lowest BCUT2D eigenvalue weighted by atomic mass is 10.0. The average molecular weight is 209 g/mol. The maximum absolute atomic E-state index is 2.33. The van der Waals surface area contributed by atoms with E-state index in [1.165, 1.54) is 18.4 Å². The minimum Gasteiger partial charge on any atom is -0.378 e. The molecule has 15 heavy (non-hydrogen) atoms. The third-order valence-corrected chi connectivity index (χ3v) is 2.61. The summed E-state index contributed by atoms with van der Waals surface area (Å²) in [5, 5.41) is 0. The van der Waals surface area contributed by atoms with E-state index in [0.29, 0.717) is 5.92 Å².